The summed E-state index contributed by atoms with van der Waals surface area (Å²) in [7, 11) is 0. The summed E-state index contributed by atoms with van der Waals surface area (Å²) < 4.78 is 3.02. The molecule has 0 amide bonds. The molecule has 0 aromatic carbocycles. The third kappa shape index (κ3) is 0.687. The highest BCUT2D eigenvalue weighted by Gasteiger charge is 2.08. The maximum absolute atomic E-state index is 3.84. The summed E-state index contributed by atoms with van der Waals surface area (Å²) in [6.45, 7) is 1.90. The lowest BCUT2D eigenvalue weighted by Gasteiger charge is -1.94. The van der Waals surface area contributed by atoms with Crippen molar-refractivity contribution in [3.05, 3.63) is 11.8 Å². The average Bonchev–Trinajstić information content (AvgIpc) is 2.66. The van der Waals surface area contributed by atoms with Crippen molar-refractivity contribution in [3.8, 4) is 0 Å². The van der Waals surface area contributed by atoms with Gasteiger partial charge < -0.3 is 0 Å². The molecule has 8 heteroatoms. The van der Waals surface area contributed by atoms with Crippen molar-refractivity contribution >= 4 is 11.4 Å². The van der Waals surface area contributed by atoms with Crippen molar-refractivity contribution in [2.75, 3.05) is 0 Å². The highest BCUT2D eigenvalue weighted by atomic mass is 15.6. The monoisotopic (exact) mass is 176 g/mol. The van der Waals surface area contributed by atoms with E-state index in [-0.39, 0.29) is 0 Å². The van der Waals surface area contributed by atoms with Gasteiger partial charge in [0.1, 0.15) is 0 Å². The maximum Gasteiger partial charge on any atom is 0.278 e. The van der Waals surface area contributed by atoms with E-state index in [1.54, 1.807) is 6.20 Å². The Morgan fingerprint density at radius 1 is 1.15 bits per heavy atom. The van der Waals surface area contributed by atoms with Gasteiger partial charge in [0, 0.05) is 11.8 Å². The van der Waals surface area contributed by atoms with Crippen molar-refractivity contribution in [1.82, 2.24) is 40.1 Å². The molecule has 3 rings (SSSR count). The van der Waals surface area contributed by atoms with Crippen molar-refractivity contribution in [2.45, 2.75) is 6.92 Å². The van der Waals surface area contributed by atoms with Crippen LogP contribution in [0.4, 0.5) is 0 Å². The first-order chi connectivity index (χ1) is 6.36. The van der Waals surface area contributed by atoms with Crippen molar-refractivity contribution in [3.63, 3.8) is 0 Å². The topological polar surface area (TPSA) is 86.2 Å². The molecule has 0 aliphatic carbocycles. The molecular weight excluding hydrogens is 172 g/mol. The van der Waals surface area contributed by atoms with Crippen molar-refractivity contribution in [1.29, 1.82) is 0 Å². The van der Waals surface area contributed by atoms with E-state index in [0.717, 1.165) is 5.56 Å². The van der Waals surface area contributed by atoms with E-state index in [9.17, 15) is 0 Å². The first-order valence-electron chi connectivity index (χ1n) is 3.61. The highest BCUT2D eigenvalue weighted by Crippen LogP contribution is 2.06. The van der Waals surface area contributed by atoms with Crippen LogP contribution in [0.2, 0.25) is 0 Å². The van der Waals surface area contributed by atoms with Gasteiger partial charge in [-0.3, -0.25) is 0 Å². The third-order valence-electron chi connectivity index (χ3n) is 1.80. The molecule has 8 nitrogen and oxygen atoms in total. The van der Waals surface area contributed by atoms with Crippen LogP contribution in [0.5, 0.6) is 0 Å². The van der Waals surface area contributed by atoms with Crippen LogP contribution in [-0.2, 0) is 0 Å². The molecule has 0 spiro atoms. The van der Waals surface area contributed by atoms with E-state index in [0.29, 0.717) is 11.4 Å². The summed E-state index contributed by atoms with van der Waals surface area (Å²) in [5, 5.41) is 22.2. The first kappa shape index (κ1) is 6.40. The summed E-state index contributed by atoms with van der Waals surface area (Å²) in [5.74, 6) is 0.505. The van der Waals surface area contributed by atoms with Gasteiger partial charge in [0.05, 0.1) is 0 Å². The second kappa shape index (κ2) is 1.97. The summed E-state index contributed by atoms with van der Waals surface area (Å²) in [4.78, 5) is 0. The van der Waals surface area contributed by atoms with Gasteiger partial charge in [0.2, 0.25) is 0 Å². The lowest BCUT2D eigenvalue weighted by atomic mass is 10.4. The number of aryl methyl sites for hydroxylation is 1. The van der Waals surface area contributed by atoms with E-state index in [1.807, 2.05) is 6.92 Å². The van der Waals surface area contributed by atoms with Crippen LogP contribution in [0, 0.1) is 6.92 Å². The summed E-state index contributed by atoms with van der Waals surface area (Å²) in [6, 6.07) is 0. The molecule has 0 bridgehead atoms. The Bertz CT molecular complexity index is 576. The minimum atomic E-state index is 0.505. The van der Waals surface area contributed by atoms with E-state index < -0.39 is 0 Å². The number of fused-ring (bicyclic) bond motifs is 3. The molecule has 0 radical (unpaired) electrons. The van der Waals surface area contributed by atoms with E-state index in [2.05, 4.69) is 31.1 Å². The highest BCUT2D eigenvalue weighted by molar-refractivity contribution is 5.49. The quantitative estimate of drug-likeness (QED) is 0.430. The lowest BCUT2D eigenvalue weighted by molar-refractivity contribution is 0.795. The predicted molar refractivity (Wildman–Crippen MR) is 39.9 cm³/mol. The van der Waals surface area contributed by atoms with Gasteiger partial charge in [-0.2, -0.15) is 9.03 Å². The Kier molecular flexibility index (Phi) is 0.971. The molecule has 0 saturated heterocycles. The van der Waals surface area contributed by atoms with Crippen LogP contribution >= 0.6 is 0 Å². The third-order valence-corrected chi connectivity index (χ3v) is 1.80. The van der Waals surface area contributed by atoms with Gasteiger partial charge in [0.15, 0.2) is 5.65 Å². The molecule has 0 fully saturated rings. The van der Waals surface area contributed by atoms with Crippen LogP contribution in [-0.4, -0.2) is 40.1 Å². The predicted octanol–water partition coefficient (Wildman–Crippen LogP) is -1.13. The Balaban J connectivity index is 2.70. The van der Waals surface area contributed by atoms with Gasteiger partial charge in [-0.25, -0.2) is 0 Å². The fourth-order valence-corrected chi connectivity index (χ4v) is 1.22. The zero-order valence-corrected chi connectivity index (χ0v) is 6.66. The number of tetrazole rings is 2. The second-order valence-corrected chi connectivity index (χ2v) is 2.65. The van der Waals surface area contributed by atoms with Crippen molar-refractivity contribution in [2.24, 2.45) is 0 Å². The van der Waals surface area contributed by atoms with E-state index in [1.165, 1.54) is 9.03 Å². The van der Waals surface area contributed by atoms with Gasteiger partial charge in [-0.05, 0) is 27.8 Å². The van der Waals surface area contributed by atoms with E-state index >= 15 is 0 Å². The van der Waals surface area contributed by atoms with Crippen LogP contribution in [0.25, 0.3) is 11.4 Å². The molecule has 0 atom stereocenters. The zero-order valence-electron chi connectivity index (χ0n) is 6.66. The van der Waals surface area contributed by atoms with Crippen LogP contribution in [0.3, 0.4) is 0 Å². The maximum atomic E-state index is 3.84. The number of nitrogens with zero attached hydrogens (tertiary/aromatic N) is 8. The largest absolute Gasteiger partial charge is 0.278 e. The first-order valence-corrected chi connectivity index (χ1v) is 3.61. The van der Waals surface area contributed by atoms with Gasteiger partial charge in [-0.1, -0.05) is 5.10 Å². The average molecular weight is 176 g/mol. The van der Waals surface area contributed by atoms with Gasteiger partial charge in [-0.15, -0.1) is 5.10 Å². The minimum absolute atomic E-state index is 0.505. The standard InChI is InChI=1S/C5H4N8/c1-3-2-12-5(7-9-10-12)13-4(3)6-8-11-13/h2H,1H3. The van der Waals surface area contributed by atoms with Crippen molar-refractivity contribution < 1.29 is 0 Å². The number of hydrogen-bond donors (Lipinski definition) is 0. The summed E-state index contributed by atoms with van der Waals surface area (Å²) in [6.07, 6.45) is 1.78. The Morgan fingerprint density at radius 3 is 2.92 bits per heavy atom. The number of rotatable bonds is 0. The molecule has 3 aromatic heterocycles. The molecular formula is C5H4N8. The lowest BCUT2D eigenvalue weighted by Crippen LogP contribution is -1.99. The van der Waals surface area contributed by atoms with Crippen LogP contribution in [0.15, 0.2) is 6.20 Å². The van der Waals surface area contributed by atoms with Gasteiger partial charge in [0.25, 0.3) is 5.78 Å². The summed E-state index contributed by atoms with van der Waals surface area (Å²) >= 11 is 0. The molecule has 3 heterocycles. The molecule has 64 valence electrons. The molecule has 0 saturated carbocycles. The Morgan fingerprint density at radius 2 is 2.00 bits per heavy atom. The molecule has 0 unspecified atom stereocenters. The smallest absolute Gasteiger partial charge is 0.184 e. The van der Waals surface area contributed by atoms with Crippen LogP contribution < -0.4 is 0 Å². The SMILES string of the molecule is Cc1cn2nnnc2n2nnnc12. The number of aromatic nitrogens is 8. The fourth-order valence-electron chi connectivity index (χ4n) is 1.22. The Hall–Kier alpha value is -2.12. The minimum Gasteiger partial charge on any atom is -0.184 e. The van der Waals surface area contributed by atoms with E-state index in [4.69, 9.17) is 0 Å². The molecule has 0 aliphatic heterocycles. The van der Waals surface area contributed by atoms with Crippen LogP contribution in [0.1, 0.15) is 5.56 Å². The molecule has 3 aromatic rings. The molecule has 0 N–H and O–H groups in total. The number of hydrogen-bond acceptors (Lipinski definition) is 6. The van der Waals surface area contributed by atoms with Gasteiger partial charge >= 0.3 is 0 Å². The second-order valence-electron chi connectivity index (χ2n) is 2.65. The molecule has 13 heavy (non-hydrogen) atoms. The fraction of sp³-hybridized carbons (Fsp3) is 0.200. The zero-order chi connectivity index (χ0) is 8.84. The normalized spacial score (nSPS) is 11.5. The summed E-state index contributed by atoms with van der Waals surface area (Å²) in [5.41, 5.74) is 1.59. The molecule has 0 aliphatic rings. The Labute approximate surface area is 71.2 Å².